The average molecular weight is 462 g/mol. The molecule has 1 aromatic heterocycles. The van der Waals surface area contributed by atoms with E-state index in [1.54, 1.807) is 41.0 Å². The molecule has 0 radical (unpaired) electrons. The first-order chi connectivity index (χ1) is 16.1. The first-order valence-electron chi connectivity index (χ1n) is 10.1. The van der Waals surface area contributed by atoms with Gasteiger partial charge in [0.25, 0.3) is 5.91 Å². The van der Waals surface area contributed by atoms with Crippen molar-refractivity contribution < 1.29 is 14.0 Å². The van der Waals surface area contributed by atoms with Gasteiger partial charge in [-0.15, -0.1) is 10.2 Å². The van der Waals surface area contributed by atoms with Gasteiger partial charge in [0.1, 0.15) is 5.82 Å². The van der Waals surface area contributed by atoms with Gasteiger partial charge in [0, 0.05) is 11.3 Å². The van der Waals surface area contributed by atoms with Gasteiger partial charge in [0.2, 0.25) is 5.91 Å². The number of nitrogens with zero attached hydrogens (tertiary/aromatic N) is 3. The molecule has 3 aromatic carbocycles. The number of hydrogen-bond donors (Lipinski definition) is 2. The summed E-state index contributed by atoms with van der Waals surface area (Å²) >= 11 is 1.17. The van der Waals surface area contributed by atoms with Crippen molar-refractivity contribution in [3.63, 3.8) is 0 Å². The minimum Gasteiger partial charge on any atom is -0.345 e. The van der Waals surface area contributed by atoms with Crippen LogP contribution < -0.4 is 10.6 Å². The number of hydrogen-bond acceptors (Lipinski definition) is 5. The van der Waals surface area contributed by atoms with Gasteiger partial charge in [0.15, 0.2) is 11.0 Å². The molecule has 4 rings (SSSR count). The van der Waals surface area contributed by atoms with Crippen LogP contribution in [-0.2, 0) is 11.3 Å². The fourth-order valence-electron chi connectivity index (χ4n) is 3.07. The van der Waals surface area contributed by atoms with E-state index in [0.29, 0.717) is 16.5 Å². The van der Waals surface area contributed by atoms with Crippen molar-refractivity contribution in [2.45, 2.75) is 11.7 Å². The lowest BCUT2D eigenvalue weighted by Gasteiger charge is -2.11. The Kier molecular flexibility index (Phi) is 7.11. The predicted molar refractivity (Wildman–Crippen MR) is 125 cm³/mol. The highest BCUT2D eigenvalue weighted by Crippen LogP contribution is 2.23. The second-order valence-electron chi connectivity index (χ2n) is 6.94. The van der Waals surface area contributed by atoms with Crippen LogP contribution in [0.25, 0.3) is 5.69 Å². The highest BCUT2D eigenvalue weighted by Gasteiger charge is 2.17. The molecule has 2 N–H and O–H groups in total. The highest BCUT2D eigenvalue weighted by molar-refractivity contribution is 7.99. The van der Waals surface area contributed by atoms with Crippen LogP contribution in [-0.4, -0.2) is 32.3 Å². The molecule has 0 aliphatic rings. The molecule has 4 aromatic rings. The number of thioether (sulfide) groups is 1. The Morgan fingerprint density at radius 2 is 1.55 bits per heavy atom. The van der Waals surface area contributed by atoms with Crippen molar-refractivity contribution >= 4 is 29.3 Å². The molecule has 166 valence electrons. The summed E-state index contributed by atoms with van der Waals surface area (Å²) in [7, 11) is 0. The van der Waals surface area contributed by atoms with Gasteiger partial charge < -0.3 is 10.6 Å². The summed E-state index contributed by atoms with van der Waals surface area (Å²) in [6, 6.07) is 24.3. The van der Waals surface area contributed by atoms with E-state index < -0.39 is 5.82 Å². The Balaban J connectivity index is 1.48. The van der Waals surface area contributed by atoms with Gasteiger partial charge in [-0.2, -0.15) is 0 Å². The summed E-state index contributed by atoms with van der Waals surface area (Å²) in [6.45, 7) is 0.150. The largest absolute Gasteiger partial charge is 0.345 e. The SMILES string of the molecule is O=C(CSc1nnc(CNC(=O)c2ccccc2)n1-c1ccccc1)Nc1ccccc1F. The van der Waals surface area contributed by atoms with E-state index in [4.69, 9.17) is 0 Å². The second kappa shape index (κ2) is 10.6. The van der Waals surface area contributed by atoms with Gasteiger partial charge in [-0.3, -0.25) is 14.2 Å². The predicted octanol–water partition coefficient (Wildman–Crippen LogP) is 4.07. The van der Waals surface area contributed by atoms with Gasteiger partial charge in [-0.1, -0.05) is 60.3 Å². The monoisotopic (exact) mass is 461 g/mol. The maximum absolute atomic E-state index is 13.8. The summed E-state index contributed by atoms with van der Waals surface area (Å²) in [4.78, 5) is 24.8. The number of aromatic nitrogens is 3. The lowest BCUT2D eigenvalue weighted by atomic mass is 10.2. The summed E-state index contributed by atoms with van der Waals surface area (Å²) in [5, 5.41) is 14.3. The third-order valence-electron chi connectivity index (χ3n) is 4.64. The Morgan fingerprint density at radius 1 is 0.879 bits per heavy atom. The van der Waals surface area contributed by atoms with Crippen LogP contribution in [0.4, 0.5) is 10.1 Å². The van der Waals surface area contributed by atoms with Crippen LogP contribution in [0.5, 0.6) is 0 Å². The van der Waals surface area contributed by atoms with Crippen molar-refractivity contribution in [2.75, 3.05) is 11.1 Å². The lowest BCUT2D eigenvalue weighted by Crippen LogP contribution is -2.24. The average Bonchev–Trinajstić information content (AvgIpc) is 3.26. The third-order valence-corrected chi connectivity index (χ3v) is 5.57. The maximum Gasteiger partial charge on any atom is 0.251 e. The number of para-hydroxylation sites is 2. The first kappa shape index (κ1) is 22.2. The quantitative estimate of drug-likeness (QED) is 0.386. The number of nitrogens with one attached hydrogen (secondary N) is 2. The Bertz CT molecular complexity index is 1250. The van der Waals surface area contributed by atoms with Crippen molar-refractivity contribution in [1.29, 1.82) is 0 Å². The standard InChI is InChI=1S/C24H20FN5O2S/c25-19-13-7-8-14-20(19)27-22(31)16-33-24-29-28-21(30(24)18-11-5-2-6-12-18)15-26-23(32)17-9-3-1-4-10-17/h1-14H,15-16H2,(H,26,32)(H,27,31). The molecule has 9 heteroatoms. The van der Waals surface area contributed by atoms with E-state index >= 15 is 0 Å². The molecule has 0 unspecified atom stereocenters. The molecule has 1 heterocycles. The zero-order chi connectivity index (χ0) is 23.0. The number of rotatable bonds is 8. The molecule has 0 aliphatic carbocycles. The third kappa shape index (κ3) is 5.64. The van der Waals surface area contributed by atoms with Crippen LogP contribution in [0.2, 0.25) is 0 Å². The smallest absolute Gasteiger partial charge is 0.251 e. The molecule has 0 saturated carbocycles. The number of anilines is 1. The summed E-state index contributed by atoms with van der Waals surface area (Å²) in [6.07, 6.45) is 0. The minimum absolute atomic E-state index is 0.00960. The Hall–Kier alpha value is -3.98. The zero-order valence-electron chi connectivity index (χ0n) is 17.4. The van der Waals surface area contributed by atoms with Crippen molar-refractivity contribution in [1.82, 2.24) is 20.1 Å². The normalized spacial score (nSPS) is 10.6. The number of halogens is 1. The van der Waals surface area contributed by atoms with Crippen molar-refractivity contribution in [3.05, 3.63) is 102 Å². The molecule has 0 atom stereocenters. The molecule has 0 spiro atoms. The van der Waals surface area contributed by atoms with Gasteiger partial charge in [-0.05, 0) is 36.4 Å². The number of benzene rings is 3. The zero-order valence-corrected chi connectivity index (χ0v) is 18.3. The van der Waals surface area contributed by atoms with Crippen LogP contribution in [0.15, 0.2) is 90.1 Å². The fourth-order valence-corrected chi connectivity index (χ4v) is 3.85. The van der Waals surface area contributed by atoms with E-state index in [1.165, 1.54) is 23.9 Å². The van der Waals surface area contributed by atoms with Crippen molar-refractivity contribution in [3.8, 4) is 5.69 Å². The van der Waals surface area contributed by atoms with E-state index in [2.05, 4.69) is 20.8 Å². The molecule has 33 heavy (non-hydrogen) atoms. The van der Waals surface area contributed by atoms with Crippen LogP contribution in [0.1, 0.15) is 16.2 Å². The molecule has 7 nitrogen and oxygen atoms in total. The van der Waals surface area contributed by atoms with E-state index in [-0.39, 0.29) is 29.8 Å². The fraction of sp³-hybridized carbons (Fsp3) is 0.0833. The van der Waals surface area contributed by atoms with Gasteiger partial charge in [0.05, 0.1) is 18.0 Å². The molecule has 0 aliphatic heterocycles. The first-order valence-corrected chi connectivity index (χ1v) is 11.1. The molecule has 0 bridgehead atoms. The van der Waals surface area contributed by atoms with Crippen LogP contribution in [0, 0.1) is 5.82 Å². The van der Waals surface area contributed by atoms with Gasteiger partial charge in [-0.25, -0.2) is 4.39 Å². The van der Waals surface area contributed by atoms with E-state index in [1.807, 2.05) is 36.4 Å². The topological polar surface area (TPSA) is 88.9 Å². The number of carbonyl (C=O) groups excluding carboxylic acids is 2. The maximum atomic E-state index is 13.8. The molecule has 0 saturated heterocycles. The number of amides is 2. The van der Waals surface area contributed by atoms with Crippen LogP contribution >= 0.6 is 11.8 Å². The van der Waals surface area contributed by atoms with E-state index in [9.17, 15) is 14.0 Å². The van der Waals surface area contributed by atoms with E-state index in [0.717, 1.165) is 5.69 Å². The highest BCUT2D eigenvalue weighted by atomic mass is 32.2. The van der Waals surface area contributed by atoms with Crippen molar-refractivity contribution in [2.24, 2.45) is 0 Å². The summed E-state index contributed by atoms with van der Waals surface area (Å²) in [5.41, 5.74) is 1.46. The molecular formula is C24H20FN5O2S. The minimum atomic E-state index is -0.500. The summed E-state index contributed by atoms with van der Waals surface area (Å²) < 4.78 is 15.6. The van der Waals surface area contributed by atoms with Crippen LogP contribution in [0.3, 0.4) is 0 Å². The Labute approximate surface area is 194 Å². The lowest BCUT2D eigenvalue weighted by molar-refractivity contribution is -0.113. The second-order valence-corrected chi connectivity index (χ2v) is 7.88. The molecular weight excluding hydrogens is 441 g/mol. The molecule has 0 fully saturated rings. The van der Waals surface area contributed by atoms with Gasteiger partial charge >= 0.3 is 0 Å². The Morgan fingerprint density at radius 3 is 2.27 bits per heavy atom. The number of carbonyl (C=O) groups is 2. The molecule has 2 amide bonds. The summed E-state index contributed by atoms with van der Waals surface area (Å²) in [5.74, 6) is -0.569.